The molecule has 92 valence electrons. The van der Waals surface area contributed by atoms with Crippen LogP contribution in [0.1, 0.15) is 31.2 Å². The molecule has 1 aliphatic carbocycles. The minimum Gasteiger partial charge on any atom is -0.481 e. The summed E-state index contributed by atoms with van der Waals surface area (Å²) >= 11 is 0. The molecule has 17 heavy (non-hydrogen) atoms. The van der Waals surface area contributed by atoms with Crippen LogP contribution >= 0.6 is 0 Å². The quantitative estimate of drug-likeness (QED) is 0.843. The normalized spacial score (nSPS) is 24.3. The van der Waals surface area contributed by atoms with Gasteiger partial charge in [0.1, 0.15) is 0 Å². The van der Waals surface area contributed by atoms with E-state index in [0.717, 1.165) is 36.9 Å². The van der Waals surface area contributed by atoms with E-state index in [4.69, 9.17) is 5.11 Å². The first-order valence-corrected chi connectivity index (χ1v) is 6.06. The SMILES string of the molecule is Cc1cncc(NC2CCC(C(=O)O)CC2)c1. The summed E-state index contributed by atoms with van der Waals surface area (Å²) in [5.74, 6) is -0.802. The molecule has 0 saturated heterocycles. The van der Waals surface area contributed by atoms with Crippen LogP contribution in [0.4, 0.5) is 5.69 Å². The van der Waals surface area contributed by atoms with Crippen molar-refractivity contribution in [3.63, 3.8) is 0 Å². The van der Waals surface area contributed by atoms with Gasteiger partial charge in [-0.15, -0.1) is 0 Å². The first kappa shape index (κ1) is 11.9. The zero-order chi connectivity index (χ0) is 12.3. The second-order valence-corrected chi connectivity index (χ2v) is 4.78. The van der Waals surface area contributed by atoms with Crippen molar-refractivity contribution in [3.8, 4) is 0 Å². The largest absolute Gasteiger partial charge is 0.481 e. The van der Waals surface area contributed by atoms with Gasteiger partial charge in [-0.1, -0.05) is 0 Å². The fourth-order valence-corrected chi connectivity index (χ4v) is 2.35. The molecular formula is C13H18N2O2. The molecule has 1 aromatic heterocycles. The van der Waals surface area contributed by atoms with Crippen LogP contribution in [-0.2, 0) is 4.79 Å². The molecule has 1 fully saturated rings. The minimum atomic E-state index is -0.652. The highest BCUT2D eigenvalue weighted by molar-refractivity contribution is 5.70. The Morgan fingerprint density at radius 1 is 1.35 bits per heavy atom. The maximum absolute atomic E-state index is 10.8. The highest BCUT2D eigenvalue weighted by Gasteiger charge is 2.25. The number of aryl methyl sites for hydroxylation is 1. The summed E-state index contributed by atoms with van der Waals surface area (Å²) in [5.41, 5.74) is 2.16. The summed E-state index contributed by atoms with van der Waals surface area (Å²) in [4.78, 5) is 15.0. The molecule has 2 N–H and O–H groups in total. The van der Waals surface area contributed by atoms with Crippen molar-refractivity contribution in [2.75, 3.05) is 5.32 Å². The third-order valence-corrected chi connectivity index (χ3v) is 3.32. The Labute approximate surface area is 101 Å². The Bertz CT molecular complexity index is 398. The van der Waals surface area contributed by atoms with Crippen LogP contribution in [0, 0.1) is 12.8 Å². The summed E-state index contributed by atoms with van der Waals surface area (Å²) in [7, 11) is 0. The Morgan fingerprint density at radius 3 is 2.65 bits per heavy atom. The maximum atomic E-state index is 10.8. The molecule has 1 heterocycles. The third kappa shape index (κ3) is 3.19. The lowest BCUT2D eigenvalue weighted by Gasteiger charge is -2.27. The number of carboxylic acid groups (broad SMARTS) is 1. The number of carboxylic acids is 1. The topological polar surface area (TPSA) is 62.2 Å². The lowest BCUT2D eigenvalue weighted by molar-refractivity contribution is -0.142. The van der Waals surface area contributed by atoms with E-state index in [-0.39, 0.29) is 5.92 Å². The van der Waals surface area contributed by atoms with Crippen molar-refractivity contribution in [1.82, 2.24) is 4.98 Å². The second-order valence-electron chi connectivity index (χ2n) is 4.78. The van der Waals surface area contributed by atoms with E-state index in [1.807, 2.05) is 19.3 Å². The molecule has 2 rings (SSSR count). The van der Waals surface area contributed by atoms with Gasteiger partial charge in [0.25, 0.3) is 0 Å². The fourth-order valence-electron chi connectivity index (χ4n) is 2.35. The van der Waals surface area contributed by atoms with E-state index in [1.165, 1.54) is 0 Å². The number of hydrogen-bond donors (Lipinski definition) is 2. The Morgan fingerprint density at radius 2 is 2.06 bits per heavy atom. The first-order chi connectivity index (χ1) is 8.15. The highest BCUT2D eigenvalue weighted by Crippen LogP contribution is 2.26. The predicted molar refractivity (Wildman–Crippen MR) is 66.0 cm³/mol. The molecule has 0 aliphatic heterocycles. The average Bonchev–Trinajstić information content (AvgIpc) is 2.29. The zero-order valence-corrected chi connectivity index (χ0v) is 10.0. The number of nitrogens with one attached hydrogen (secondary N) is 1. The molecule has 0 amide bonds. The van der Waals surface area contributed by atoms with Crippen LogP contribution < -0.4 is 5.32 Å². The van der Waals surface area contributed by atoms with E-state index in [9.17, 15) is 4.79 Å². The van der Waals surface area contributed by atoms with Gasteiger partial charge in [0.2, 0.25) is 0 Å². The molecule has 1 saturated carbocycles. The lowest BCUT2D eigenvalue weighted by Crippen LogP contribution is -2.29. The van der Waals surface area contributed by atoms with E-state index in [2.05, 4.69) is 16.4 Å². The van der Waals surface area contributed by atoms with Crippen LogP contribution in [0.5, 0.6) is 0 Å². The van der Waals surface area contributed by atoms with Gasteiger partial charge >= 0.3 is 5.97 Å². The number of rotatable bonds is 3. The number of nitrogens with zero attached hydrogens (tertiary/aromatic N) is 1. The molecule has 1 aliphatic rings. The molecule has 0 atom stereocenters. The van der Waals surface area contributed by atoms with E-state index < -0.39 is 5.97 Å². The van der Waals surface area contributed by atoms with Crippen molar-refractivity contribution in [3.05, 3.63) is 24.0 Å². The van der Waals surface area contributed by atoms with Crippen molar-refractivity contribution in [2.45, 2.75) is 38.6 Å². The van der Waals surface area contributed by atoms with Gasteiger partial charge in [-0.3, -0.25) is 9.78 Å². The van der Waals surface area contributed by atoms with Crippen molar-refractivity contribution >= 4 is 11.7 Å². The molecule has 0 radical (unpaired) electrons. The van der Waals surface area contributed by atoms with Crippen LogP contribution in [0.15, 0.2) is 18.5 Å². The Kier molecular flexibility index (Phi) is 3.61. The molecule has 1 aromatic rings. The van der Waals surface area contributed by atoms with Gasteiger partial charge in [0.05, 0.1) is 11.6 Å². The van der Waals surface area contributed by atoms with Crippen molar-refractivity contribution in [2.24, 2.45) is 5.92 Å². The van der Waals surface area contributed by atoms with E-state index >= 15 is 0 Å². The summed E-state index contributed by atoms with van der Waals surface area (Å²) < 4.78 is 0. The third-order valence-electron chi connectivity index (χ3n) is 3.32. The molecule has 0 bridgehead atoms. The van der Waals surface area contributed by atoms with Crippen LogP contribution in [0.3, 0.4) is 0 Å². The smallest absolute Gasteiger partial charge is 0.306 e. The molecular weight excluding hydrogens is 216 g/mol. The summed E-state index contributed by atoms with van der Waals surface area (Å²) in [6.07, 6.45) is 7.02. The van der Waals surface area contributed by atoms with Gasteiger partial charge in [0, 0.05) is 18.4 Å². The van der Waals surface area contributed by atoms with Gasteiger partial charge < -0.3 is 10.4 Å². The molecule has 0 unspecified atom stereocenters. The van der Waals surface area contributed by atoms with Crippen molar-refractivity contribution in [1.29, 1.82) is 0 Å². The van der Waals surface area contributed by atoms with Crippen LogP contribution in [0.2, 0.25) is 0 Å². The molecule has 4 heteroatoms. The monoisotopic (exact) mass is 234 g/mol. The molecule has 0 aromatic carbocycles. The van der Waals surface area contributed by atoms with Crippen LogP contribution in [-0.4, -0.2) is 22.1 Å². The second kappa shape index (κ2) is 5.17. The first-order valence-electron chi connectivity index (χ1n) is 6.06. The summed E-state index contributed by atoms with van der Waals surface area (Å²) in [5, 5.41) is 12.3. The average molecular weight is 234 g/mol. The van der Waals surface area contributed by atoms with E-state index in [0.29, 0.717) is 6.04 Å². The number of carbonyl (C=O) groups is 1. The number of hydrogen-bond acceptors (Lipinski definition) is 3. The van der Waals surface area contributed by atoms with E-state index in [1.54, 1.807) is 0 Å². The molecule has 0 spiro atoms. The fraction of sp³-hybridized carbons (Fsp3) is 0.538. The Hall–Kier alpha value is -1.58. The van der Waals surface area contributed by atoms with Crippen LogP contribution in [0.25, 0.3) is 0 Å². The standard InChI is InChI=1S/C13H18N2O2/c1-9-6-12(8-14-7-9)15-11-4-2-10(3-5-11)13(16)17/h6-8,10-11,15H,2-5H2,1H3,(H,16,17). The number of pyridine rings is 1. The maximum Gasteiger partial charge on any atom is 0.306 e. The molecule has 4 nitrogen and oxygen atoms in total. The van der Waals surface area contributed by atoms with Gasteiger partial charge in [0.15, 0.2) is 0 Å². The summed E-state index contributed by atoms with van der Waals surface area (Å²) in [6, 6.07) is 2.45. The summed E-state index contributed by atoms with van der Waals surface area (Å²) in [6.45, 7) is 2.01. The minimum absolute atomic E-state index is 0.149. The Balaban J connectivity index is 1.88. The number of aromatic nitrogens is 1. The van der Waals surface area contributed by atoms with Gasteiger partial charge in [-0.25, -0.2) is 0 Å². The number of aliphatic carboxylic acids is 1. The zero-order valence-electron chi connectivity index (χ0n) is 10.0. The van der Waals surface area contributed by atoms with Gasteiger partial charge in [-0.05, 0) is 44.2 Å². The van der Waals surface area contributed by atoms with Crippen molar-refractivity contribution < 1.29 is 9.90 Å². The lowest BCUT2D eigenvalue weighted by atomic mass is 9.86. The highest BCUT2D eigenvalue weighted by atomic mass is 16.4. The van der Waals surface area contributed by atoms with Gasteiger partial charge in [-0.2, -0.15) is 0 Å². The predicted octanol–water partition coefficient (Wildman–Crippen LogP) is 2.45. The number of anilines is 1.